The van der Waals surface area contributed by atoms with E-state index >= 15 is 0 Å². The van der Waals surface area contributed by atoms with Crippen LogP contribution in [0.1, 0.15) is 95.6 Å². The minimum Gasteiger partial charge on any atom is -0.330 e. The summed E-state index contributed by atoms with van der Waals surface area (Å²) in [5, 5.41) is 17.5. The van der Waals surface area contributed by atoms with E-state index in [9.17, 15) is 0 Å². The maximum atomic E-state index is 6.07. The summed E-state index contributed by atoms with van der Waals surface area (Å²) < 4.78 is 2.08. The summed E-state index contributed by atoms with van der Waals surface area (Å²) in [5.74, 6) is 2.22. The van der Waals surface area contributed by atoms with Gasteiger partial charge in [0.25, 0.3) is 0 Å². The lowest BCUT2D eigenvalue weighted by Gasteiger charge is -2.36. The molecule has 1 fully saturated rings. The van der Waals surface area contributed by atoms with Gasteiger partial charge in [-0.25, -0.2) is 4.68 Å². The van der Waals surface area contributed by atoms with E-state index in [0.29, 0.717) is 11.8 Å². The minimum absolute atomic E-state index is 0.0719. The summed E-state index contributed by atoms with van der Waals surface area (Å²) >= 11 is 0. The van der Waals surface area contributed by atoms with Crippen LogP contribution in [-0.4, -0.2) is 33.3 Å². The van der Waals surface area contributed by atoms with E-state index < -0.39 is 0 Å². The molecular weight excluding hydrogens is 456 g/mol. The third-order valence-electron chi connectivity index (χ3n) is 7.81. The molecule has 4 rings (SSSR count). The van der Waals surface area contributed by atoms with Gasteiger partial charge < -0.3 is 11.1 Å². The molecule has 1 saturated carbocycles. The molecule has 3 atom stereocenters. The molecule has 2 aromatic carbocycles. The molecule has 0 spiro atoms. The van der Waals surface area contributed by atoms with Crippen LogP contribution in [0.3, 0.4) is 0 Å². The Balaban J connectivity index is 1.76. The number of benzene rings is 2. The van der Waals surface area contributed by atoms with Crippen LogP contribution in [-0.2, 0) is 5.54 Å². The Morgan fingerprint density at radius 3 is 2.08 bits per heavy atom. The van der Waals surface area contributed by atoms with Gasteiger partial charge in [0, 0.05) is 5.92 Å². The third kappa shape index (κ3) is 7.05. The van der Waals surface area contributed by atoms with Crippen molar-refractivity contribution in [1.29, 1.82) is 0 Å². The standard InChI is InChI=1S/C31H46N6/c1-30(2,3)22-31(4,5)37-29(34-35-36-37)28(33-21-24-14-12-13-23(19-24)20-32)27(25-15-8-6-9-16-25)26-17-10-7-11-18-26/h6-11,15-18,23-24,27-28,33H,12-14,19-22,32H2,1-5H3. The highest BCUT2D eigenvalue weighted by atomic mass is 15.6. The van der Waals surface area contributed by atoms with E-state index in [-0.39, 0.29) is 22.9 Å². The van der Waals surface area contributed by atoms with Crippen LogP contribution in [0.2, 0.25) is 0 Å². The van der Waals surface area contributed by atoms with Gasteiger partial charge in [0.15, 0.2) is 5.82 Å². The molecule has 3 unspecified atom stereocenters. The first kappa shape index (κ1) is 27.5. The maximum Gasteiger partial charge on any atom is 0.169 e. The van der Waals surface area contributed by atoms with Crippen molar-refractivity contribution in [2.24, 2.45) is 23.0 Å². The van der Waals surface area contributed by atoms with Gasteiger partial charge >= 0.3 is 0 Å². The van der Waals surface area contributed by atoms with Gasteiger partial charge in [-0.2, -0.15) is 0 Å². The van der Waals surface area contributed by atoms with Crippen molar-refractivity contribution in [3.8, 4) is 0 Å². The van der Waals surface area contributed by atoms with Crippen LogP contribution in [0.25, 0.3) is 0 Å². The van der Waals surface area contributed by atoms with Gasteiger partial charge in [0.1, 0.15) is 0 Å². The fourth-order valence-electron chi connectivity index (χ4n) is 6.54. The highest BCUT2D eigenvalue weighted by Gasteiger charge is 2.37. The van der Waals surface area contributed by atoms with Crippen LogP contribution in [0.4, 0.5) is 0 Å². The van der Waals surface area contributed by atoms with Crippen molar-refractivity contribution in [2.75, 3.05) is 13.1 Å². The highest BCUT2D eigenvalue weighted by molar-refractivity contribution is 5.35. The Kier molecular flexibility index (Phi) is 8.81. The van der Waals surface area contributed by atoms with Gasteiger partial charge in [-0.1, -0.05) is 87.9 Å². The first-order valence-corrected chi connectivity index (χ1v) is 14.0. The van der Waals surface area contributed by atoms with E-state index in [2.05, 4.69) is 116 Å². The number of nitrogens with zero attached hydrogens (tertiary/aromatic N) is 4. The lowest BCUT2D eigenvalue weighted by molar-refractivity contribution is 0.183. The molecule has 1 heterocycles. The number of hydrogen-bond acceptors (Lipinski definition) is 5. The molecule has 200 valence electrons. The summed E-state index contributed by atoms with van der Waals surface area (Å²) in [7, 11) is 0. The fraction of sp³-hybridized carbons (Fsp3) is 0.581. The fourth-order valence-corrected chi connectivity index (χ4v) is 6.54. The van der Waals surface area contributed by atoms with Gasteiger partial charge in [-0.15, -0.1) is 5.10 Å². The molecule has 0 amide bonds. The second-order valence-corrected chi connectivity index (χ2v) is 12.8. The highest BCUT2D eigenvalue weighted by Crippen LogP contribution is 2.40. The lowest BCUT2D eigenvalue weighted by atomic mass is 9.80. The summed E-state index contributed by atoms with van der Waals surface area (Å²) in [6, 6.07) is 21.5. The van der Waals surface area contributed by atoms with Crippen LogP contribution >= 0.6 is 0 Å². The van der Waals surface area contributed by atoms with Crippen LogP contribution in [0.5, 0.6) is 0 Å². The predicted molar refractivity (Wildman–Crippen MR) is 151 cm³/mol. The van der Waals surface area contributed by atoms with E-state index in [1.807, 2.05) is 0 Å². The number of nitrogens with two attached hydrogens (primary N) is 1. The molecule has 0 aliphatic heterocycles. The quantitative estimate of drug-likeness (QED) is 0.351. The molecule has 6 heteroatoms. The molecule has 3 N–H and O–H groups in total. The van der Waals surface area contributed by atoms with Crippen LogP contribution in [0, 0.1) is 17.3 Å². The number of hydrogen-bond donors (Lipinski definition) is 2. The number of aromatic nitrogens is 4. The summed E-state index contributed by atoms with van der Waals surface area (Å²) in [6.07, 6.45) is 5.92. The average Bonchev–Trinajstić information content (AvgIpc) is 3.37. The zero-order chi connectivity index (χ0) is 26.5. The average molecular weight is 503 g/mol. The predicted octanol–water partition coefficient (Wildman–Crippen LogP) is 6.07. The van der Waals surface area contributed by atoms with Crippen molar-refractivity contribution in [1.82, 2.24) is 25.5 Å². The lowest BCUT2D eigenvalue weighted by Crippen LogP contribution is -2.40. The van der Waals surface area contributed by atoms with Crippen LogP contribution < -0.4 is 11.1 Å². The van der Waals surface area contributed by atoms with E-state index in [1.165, 1.54) is 36.8 Å². The first-order valence-electron chi connectivity index (χ1n) is 14.0. The van der Waals surface area contributed by atoms with Crippen molar-refractivity contribution in [2.45, 2.75) is 84.2 Å². The zero-order valence-electron chi connectivity index (χ0n) is 23.4. The molecule has 1 aromatic heterocycles. The molecule has 3 aromatic rings. The van der Waals surface area contributed by atoms with Gasteiger partial charge in [0.2, 0.25) is 0 Å². The second-order valence-electron chi connectivity index (χ2n) is 12.8. The molecule has 1 aliphatic carbocycles. The van der Waals surface area contributed by atoms with Gasteiger partial charge in [0.05, 0.1) is 11.6 Å². The minimum atomic E-state index is -0.232. The van der Waals surface area contributed by atoms with Crippen molar-refractivity contribution >= 4 is 0 Å². The Morgan fingerprint density at radius 2 is 1.51 bits per heavy atom. The summed E-state index contributed by atoms with van der Waals surface area (Å²) in [5.41, 5.74) is 8.50. The zero-order valence-corrected chi connectivity index (χ0v) is 23.4. The topological polar surface area (TPSA) is 81.7 Å². The molecular formula is C31H46N6. The Hall–Kier alpha value is -2.57. The molecule has 37 heavy (non-hydrogen) atoms. The summed E-state index contributed by atoms with van der Waals surface area (Å²) in [6.45, 7) is 13.1. The van der Waals surface area contributed by atoms with Crippen molar-refractivity contribution in [3.05, 3.63) is 77.6 Å². The molecule has 1 aliphatic rings. The Bertz CT molecular complexity index is 1050. The normalized spacial score (nSPS) is 19.8. The van der Waals surface area contributed by atoms with E-state index in [4.69, 9.17) is 10.8 Å². The number of nitrogens with one attached hydrogen (secondary N) is 1. The molecule has 6 nitrogen and oxygen atoms in total. The smallest absolute Gasteiger partial charge is 0.169 e. The van der Waals surface area contributed by atoms with Gasteiger partial charge in [-0.05, 0) is 91.4 Å². The maximum absolute atomic E-state index is 6.07. The number of rotatable bonds is 10. The van der Waals surface area contributed by atoms with E-state index in [0.717, 1.165) is 25.3 Å². The summed E-state index contributed by atoms with van der Waals surface area (Å²) in [4.78, 5) is 0. The first-order chi connectivity index (χ1) is 17.7. The van der Waals surface area contributed by atoms with E-state index in [1.54, 1.807) is 0 Å². The molecule has 0 saturated heterocycles. The Labute approximate surface area is 223 Å². The SMILES string of the molecule is CC(C)(C)CC(C)(C)n1nnnc1C(NCC1CCCC(CN)C1)C(c1ccccc1)c1ccccc1. The Morgan fingerprint density at radius 1 is 0.919 bits per heavy atom. The number of tetrazole rings is 1. The third-order valence-corrected chi connectivity index (χ3v) is 7.81. The molecule has 0 bridgehead atoms. The van der Waals surface area contributed by atoms with Crippen molar-refractivity contribution in [3.63, 3.8) is 0 Å². The van der Waals surface area contributed by atoms with Crippen molar-refractivity contribution < 1.29 is 0 Å². The largest absolute Gasteiger partial charge is 0.330 e. The van der Waals surface area contributed by atoms with Gasteiger partial charge in [-0.3, -0.25) is 0 Å². The second kappa shape index (κ2) is 11.9. The molecule has 0 radical (unpaired) electrons. The monoisotopic (exact) mass is 502 g/mol. The van der Waals surface area contributed by atoms with Crippen LogP contribution in [0.15, 0.2) is 60.7 Å².